The van der Waals surface area contributed by atoms with E-state index in [1.54, 1.807) is 19.1 Å². The zero-order valence-electron chi connectivity index (χ0n) is 19.0. The van der Waals surface area contributed by atoms with E-state index in [-0.39, 0.29) is 22.3 Å². The van der Waals surface area contributed by atoms with E-state index >= 15 is 0 Å². The predicted molar refractivity (Wildman–Crippen MR) is 119 cm³/mol. The van der Waals surface area contributed by atoms with Gasteiger partial charge in [0, 0.05) is 25.4 Å². The number of nitrogens with zero attached hydrogens (tertiary/aromatic N) is 2. The maximum atomic E-state index is 12.4. The van der Waals surface area contributed by atoms with Crippen LogP contribution in [0.5, 0.6) is 5.88 Å². The molecule has 31 heavy (non-hydrogen) atoms. The summed E-state index contributed by atoms with van der Waals surface area (Å²) in [4.78, 5) is 18.6. The molecule has 0 spiro atoms. The molecule has 2 atom stereocenters. The average molecular weight is 453 g/mol. The van der Waals surface area contributed by atoms with Gasteiger partial charge in [0.1, 0.15) is 5.60 Å². The fourth-order valence-electron chi connectivity index (χ4n) is 3.80. The van der Waals surface area contributed by atoms with E-state index < -0.39 is 9.84 Å². The van der Waals surface area contributed by atoms with Gasteiger partial charge in [0.15, 0.2) is 9.84 Å². The monoisotopic (exact) mass is 452 g/mol. The van der Waals surface area contributed by atoms with Crippen LogP contribution in [0.25, 0.3) is 0 Å². The molecule has 1 aromatic rings. The molecule has 2 aliphatic carbocycles. The zero-order chi connectivity index (χ0) is 22.5. The van der Waals surface area contributed by atoms with Crippen LogP contribution in [-0.4, -0.2) is 55.4 Å². The molecule has 0 bridgehead atoms. The van der Waals surface area contributed by atoms with Gasteiger partial charge in [-0.05, 0) is 69.8 Å². The first kappa shape index (κ1) is 23.8. The lowest BCUT2D eigenvalue weighted by Gasteiger charge is -2.23. The third-order valence-corrected chi connectivity index (χ3v) is 8.02. The summed E-state index contributed by atoms with van der Waals surface area (Å²) in [6.45, 7) is 7.81. The number of sulfone groups is 1. The Bertz CT molecular complexity index is 836. The minimum Gasteiger partial charge on any atom is -0.478 e. The molecular weight excluding hydrogens is 416 g/mol. The van der Waals surface area contributed by atoms with E-state index in [1.165, 1.54) is 12.6 Å². The summed E-state index contributed by atoms with van der Waals surface area (Å²) in [6, 6.07) is 3.17. The minimum atomic E-state index is -3.23. The van der Waals surface area contributed by atoms with Crippen LogP contribution < -0.4 is 4.74 Å². The van der Waals surface area contributed by atoms with E-state index in [4.69, 9.17) is 9.47 Å². The SMILES string of the molecule is CCCN(CCCC1CC1CCOc1ccc(S(=O)(=O)CC)cn1)C(=O)OC1(C)CC1. The van der Waals surface area contributed by atoms with Crippen molar-refractivity contribution in [2.24, 2.45) is 11.8 Å². The molecule has 0 radical (unpaired) electrons. The molecule has 0 saturated heterocycles. The standard InChI is InChI=1S/C23H36N2O5S/c1-4-13-25(22(26)30-23(3)11-12-23)14-6-7-18-16-19(18)10-15-29-21-9-8-20(17-24-21)31(27,28)5-2/h8-9,17-19H,4-7,10-16H2,1-3H3. The Kier molecular flexibility index (Phi) is 7.83. The molecule has 2 unspecified atom stereocenters. The van der Waals surface area contributed by atoms with Crippen LogP contribution >= 0.6 is 0 Å². The Hall–Kier alpha value is -1.83. The molecule has 2 fully saturated rings. The first-order valence-electron chi connectivity index (χ1n) is 11.6. The van der Waals surface area contributed by atoms with Crippen LogP contribution in [0, 0.1) is 11.8 Å². The van der Waals surface area contributed by atoms with Crippen LogP contribution in [0.1, 0.15) is 65.7 Å². The van der Waals surface area contributed by atoms with Crippen molar-refractivity contribution >= 4 is 15.9 Å². The largest absolute Gasteiger partial charge is 0.478 e. The second kappa shape index (κ2) is 10.2. The second-order valence-electron chi connectivity index (χ2n) is 9.08. The molecule has 2 aliphatic rings. The van der Waals surface area contributed by atoms with E-state index in [1.807, 2.05) is 11.8 Å². The Labute approximate surface area is 186 Å². The number of carbonyl (C=O) groups is 1. The van der Waals surface area contributed by atoms with Gasteiger partial charge in [-0.3, -0.25) is 0 Å². The highest BCUT2D eigenvalue weighted by Gasteiger charge is 2.42. The smallest absolute Gasteiger partial charge is 0.410 e. The second-order valence-corrected chi connectivity index (χ2v) is 11.4. The predicted octanol–water partition coefficient (Wildman–Crippen LogP) is 4.46. The van der Waals surface area contributed by atoms with Crippen LogP contribution in [0.2, 0.25) is 0 Å². The first-order chi connectivity index (χ1) is 14.8. The summed E-state index contributed by atoms with van der Waals surface area (Å²) in [5.41, 5.74) is -0.218. The van der Waals surface area contributed by atoms with Gasteiger partial charge >= 0.3 is 6.09 Å². The van der Waals surface area contributed by atoms with Crippen LogP contribution in [-0.2, 0) is 14.6 Å². The Balaban J connectivity index is 1.31. The lowest BCUT2D eigenvalue weighted by atomic mass is 10.1. The summed E-state index contributed by atoms with van der Waals surface area (Å²) in [5.74, 6) is 1.89. The summed E-state index contributed by atoms with van der Waals surface area (Å²) in [5, 5.41) is 0. The van der Waals surface area contributed by atoms with Gasteiger partial charge in [-0.25, -0.2) is 18.2 Å². The van der Waals surface area contributed by atoms with Crippen LogP contribution in [0.15, 0.2) is 23.2 Å². The summed E-state index contributed by atoms with van der Waals surface area (Å²) >= 11 is 0. The Morgan fingerprint density at radius 2 is 1.94 bits per heavy atom. The van der Waals surface area contributed by atoms with E-state index in [0.29, 0.717) is 24.3 Å². The Morgan fingerprint density at radius 3 is 2.55 bits per heavy atom. The van der Waals surface area contributed by atoms with Crippen molar-refractivity contribution in [3.05, 3.63) is 18.3 Å². The van der Waals surface area contributed by atoms with Gasteiger partial charge in [0.25, 0.3) is 0 Å². The number of aromatic nitrogens is 1. The van der Waals surface area contributed by atoms with Crippen molar-refractivity contribution in [1.82, 2.24) is 9.88 Å². The fourth-order valence-corrected chi connectivity index (χ4v) is 4.62. The van der Waals surface area contributed by atoms with E-state index in [9.17, 15) is 13.2 Å². The van der Waals surface area contributed by atoms with Gasteiger partial charge in [-0.15, -0.1) is 0 Å². The van der Waals surface area contributed by atoms with Crippen molar-refractivity contribution < 1.29 is 22.7 Å². The molecule has 1 aromatic heterocycles. The third-order valence-electron chi connectivity index (χ3n) is 6.30. The molecule has 0 aromatic carbocycles. The van der Waals surface area contributed by atoms with Gasteiger partial charge in [0.2, 0.25) is 5.88 Å². The molecular formula is C23H36N2O5S. The number of hydrogen-bond acceptors (Lipinski definition) is 6. The first-order valence-corrected chi connectivity index (χ1v) is 13.2. The molecule has 0 N–H and O–H groups in total. The van der Waals surface area contributed by atoms with Crippen molar-refractivity contribution in [3.63, 3.8) is 0 Å². The quantitative estimate of drug-likeness (QED) is 0.439. The molecule has 1 amide bonds. The minimum absolute atomic E-state index is 0.0642. The number of amides is 1. The lowest BCUT2D eigenvalue weighted by molar-refractivity contribution is 0.0579. The summed E-state index contributed by atoms with van der Waals surface area (Å²) in [6.07, 6.45) is 8.40. The maximum Gasteiger partial charge on any atom is 0.410 e. The normalized spacial score (nSPS) is 21.4. The molecule has 8 heteroatoms. The third kappa shape index (κ3) is 7.09. The molecule has 174 valence electrons. The Morgan fingerprint density at radius 1 is 1.19 bits per heavy atom. The lowest BCUT2D eigenvalue weighted by Crippen LogP contribution is -2.35. The van der Waals surface area contributed by atoms with E-state index in [0.717, 1.165) is 51.6 Å². The van der Waals surface area contributed by atoms with Crippen LogP contribution in [0.4, 0.5) is 4.79 Å². The van der Waals surface area contributed by atoms with E-state index in [2.05, 4.69) is 11.9 Å². The number of hydrogen-bond donors (Lipinski definition) is 0. The topological polar surface area (TPSA) is 85.8 Å². The van der Waals surface area contributed by atoms with Gasteiger partial charge in [0.05, 0.1) is 17.3 Å². The molecule has 0 aliphatic heterocycles. The highest BCUT2D eigenvalue weighted by molar-refractivity contribution is 7.91. The molecule has 1 heterocycles. The summed E-state index contributed by atoms with van der Waals surface area (Å²) < 4.78 is 34.9. The van der Waals surface area contributed by atoms with Crippen molar-refractivity contribution in [1.29, 1.82) is 0 Å². The number of pyridine rings is 1. The highest BCUT2D eigenvalue weighted by atomic mass is 32.2. The van der Waals surface area contributed by atoms with Gasteiger partial charge in [-0.2, -0.15) is 0 Å². The van der Waals surface area contributed by atoms with Crippen molar-refractivity contribution in [2.45, 2.75) is 76.2 Å². The van der Waals surface area contributed by atoms with Crippen molar-refractivity contribution in [2.75, 3.05) is 25.4 Å². The number of carbonyl (C=O) groups excluding carboxylic acids is 1. The van der Waals surface area contributed by atoms with Gasteiger partial charge < -0.3 is 14.4 Å². The summed E-state index contributed by atoms with van der Waals surface area (Å²) in [7, 11) is -3.23. The van der Waals surface area contributed by atoms with Gasteiger partial charge in [-0.1, -0.05) is 13.8 Å². The molecule has 7 nitrogen and oxygen atoms in total. The molecule has 3 rings (SSSR count). The number of rotatable bonds is 13. The van der Waals surface area contributed by atoms with Crippen molar-refractivity contribution in [3.8, 4) is 5.88 Å². The fraction of sp³-hybridized carbons (Fsp3) is 0.739. The zero-order valence-corrected chi connectivity index (χ0v) is 19.8. The average Bonchev–Trinajstić information content (AvgIpc) is 3.66. The maximum absolute atomic E-state index is 12.4. The number of ether oxygens (including phenoxy) is 2. The van der Waals surface area contributed by atoms with Crippen LogP contribution in [0.3, 0.4) is 0 Å². The highest BCUT2D eigenvalue weighted by Crippen LogP contribution is 2.44. The molecule has 2 saturated carbocycles.